The second-order valence-corrected chi connectivity index (χ2v) is 14.2. The number of aryl methyl sites for hydroxylation is 2. The van der Waals surface area contributed by atoms with Crippen molar-refractivity contribution in [3.63, 3.8) is 0 Å². The van der Waals surface area contributed by atoms with Gasteiger partial charge in [-0.3, -0.25) is 9.11 Å². The van der Waals surface area contributed by atoms with E-state index < -0.39 is 10.8 Å². The minimum Gasteiger partial charge on any atom is -1.00 e. The number of hydrogen-bond donors (Lipinski definition) is 2. The zero-order valence-electron chi connectivity index (χ0n) is 26.5. The zero-order chi connectivity index (χ0) is 30.5. The summed E-state index contributed by atoms with van der Waals surface area (Å²) in [4.78, 5) is 0.578. The number of benzene rings is 5. The molecule has 0 amide bonds. The topological polar surface area (TPSA) is 43.7 Å². The van der Waals surface area contributed by atoms with Gasteiger partial charge in [-0.1, -0.05) is 96.1 Å². The highest BCUT2D eigenvalue weighted by Crippen LogP contribution is 2.53. The molecule has 0 aromatic heterocycles. The second-order valence-electron chi connectivity index (χ2n) is 12.1. The molecule has 2 N–H and O–H groups in total. The van der Waals surface area contributed by atoms with Crippen LogP contribution in [0, 0.1) is 13.8 Å². The maximum atomic E-state index is 11.8. The summed E-state index contributed by atoms with van der Waals surface area (Å²) in [6.07, 6.45) is 1.91. The Kier molecular flexibility index (Phi) is 11.7. The Morgan fingerprint density at radius 1 is 0.636 bits per heavy atom. The van der Waals surface area contributed by atoms with Crippen LogP contribution in [-0.4, -0.2) is 44.1 Å². The van der Waals surface area contributed by atoms with Gasteiger partial charge in [0.15, 0.2) is 0 Å². The predicted octanol–water partition coefficient (Wildman–Crippen LogP) is 6.98. The molecule has 4 nitrogen and oxygen atoms in total. The number of nitrogens with zero attached hydrogens (tertiary/aromatic N) is 2. The lowest BCUT2D eigenvalue weighted by Gasteiger charge is -2.43. The molecule has 0 aliphatic carbocycles. The number of fused-ring (bicyclic) bond motifs is 2. The fraction of sp³-hybridized carbons (Fsp3) is 0.316. The van der Waals surface area contributed by atoms with Gasteiger partial charge in [-0.15, -0.1) is 10.8 Å². The molecule has 0 atom stereocenters. The number of unbranched alkanes of at least 4 members (excludes halogenated alkanes) is 1. The summed E-state index contributed by atoms with van der Waals surface area (Å²) in [5.41, 5.74) is 5.14. The molecular formula is C38H47BrN2O2S. The zero-order valence-corrected chi connectivity index (χ0v) is 28.9. The van der Waals surface area contributed by atoms with Gasteiger partial charge in [-0.25, -0.2) is 0 Å². The number of quaternary nitrogens is 1. The van der Waals surface area contributed by atoms with Crippen molar-refractivity contribution in [3.05, 3.63) is 125 Å². The first-order valence-corrected chi connectivity index (χ1v) is 17.1. The first-order valence-electron chi connectivity index (χ1n) is 15.6. The molecule has 0 saturated carbocycles. The highest BCUT2D eigenvalue weighted by Gasteiger charge is 2.27. The Balaban J connectivity index is 0.00000442. The molecule has 6 heteroatoms. The smallest absolute Gasteiger partial charge is 0.104 e. The van der Waals surface area contributed by atoms with Crippen LogP contribution in [0.1, 0.15) is 48.9 Å². The molecule has 0 radical (unpaired) electrons. The molecule has 0 saturated heterocycles. The predicted molar refractivity (Wildman–Crippen MR) is 184 cm³/mol. The Morgan fingerprint density at radius 3 is 1.82 bits per heavy atom. The SMILES string of the molecule is CC[N+](CC)(CCCCN(Cc1ccc2ccccc2c1)S(O)(O)c1ccc2ccccc2c1)Cc1cc(C)cc(C)c1.[Br-]. The molecule has 0 heterocycles. The monoisotopic (exact) mass is 674 g/mol. The largest absolute Gasteiger partial charge is 1.00 e. The summed E-state index contributed by atoms with van der Waals surface area (Å²) in [5, 5.41) is 4.47. The molecule has 44 heavy (non-hydrogen) atoms. The molecule has 5 aromatic carbocycles. The van der Waals surface area contributed by atoms with E-state index in [1.165, 1.54) is 27.5 Å². The minimum atomic E-state index is -3.20. The Bertz CT molecular complexity index is 1660. The maximum absolute atomic E-state index is 11.8. The van der Waals surface area contributed by atoms with Crippen molar-refractivity contribution in [1.29, 1.82) is 0 Å². The maximum Gasteiger partial charge on any atom is 0.104 e. The van der Waals surface area contributed by atoms with Crippen LogP contribution in [0.25, 0.3) is 21.5 Å². The fourth-order valence-electron chi connectivity index (χ4n) is 6.45. The van der Waals surface area contributed by atoms with E-state index in [4.69, 9.17) is 0 Å². The summed E-state index contributed by atoms with van der Waals surface area (Å²) in [6, 6.07) is 35.6. The third-order valence-electron chi connectivity index (χ3n) is 9.00. The van der Waals surface area contributed by atoms with Crippen molar-refractivity contribution in [3.8, 4) is 0 Å². The van der Waals surface area contributed by atoms with Crippen LogP contribution < -0.4 is 17.0 Å². The van der Waals surface area contributed by atoms with Crippen molar-refractivity contribution in [1.82, 2.24) is 4.31 Å². The van der Waals surface area contributed by atoms with Crippen LogP contribution in [0.15, 0.2) is 108 Å². The van der Waals surface area contributed by atoms with Gasteiger partial charge in [0.2, 0.25) is 0 Å². The summed E-state index contributed by atoms with van der Waals surface area (Å²) in [7, 11) is -3.20. The molecular weight excluding hydrogens is 628 g/mol. The quantitative estimate of drug-likeness (QED) is 0.105. The molecule has 234 valence electrons. The lowest BCUT2D eigenvalue weighted by atomic mass is 10.1. The van der Waals surface area contributed by atoms with Crippen molar-refractivity contribution in [2.24, 2.45) is 0 Å². The van der Waals surface area contributed by atoms with Gasteiger partial charge in [-0.2, -0.15) is 4.31 Å². The lowest BCUT2D eigenvalue weighted by molar-refractivity contribution is -0.938. The van der Waals surface area contributed by atoms with Crippen LogP contribution in [0.5, 0.6) is 0 Å². The molecule has 0 aliphatic heterocycles. The number of halogens is 1. The first kappa shape index (κ1) is 34.2. The number of rotatable bonds is 13. The fourth-order valence-corrected chi connectivity index (χ4v) is 8.00. The van der Waals surface area contributed by atoms with Gasteiger partial charge in [0, 0.05) is 18.7 Å². The molecule has 0 aliphatic rings. The average Bonchev–Trinajstić information content (AvgIpc) is 3.01. The molecule has 0 bridgehead atoms. The highest BCUT2D eigenvalue weighted by molar-refractivity contribution is 8.22. The summed E-state index contributed by atoms with van der Waals surface area (Å²) in [6.45, 7) is 14.3. The average molecular weight is 676 g/mol. The van der Waals surface area contributed by atoms with E-state index >= 15 is 0 Å². The Labute approximate surface area is 276 Å². The summed E-state index contributed by atoms with van der Waals surface area (Å²) < 4.78 is 26.6. The molecule has 5 aromatic rings. The van der Waals surface area contributed by atoms with Crippen LogP contribution in [0.2, 0.25) is 0 Å². The van der Waals surface area contributed by atoms with E-state index in [2.05, 4.69) is 94.4 Å². The van der Waals surface area contributed by atoms with Gasteiger partial charge in [-0.05, 0) is 85.8 Å². The highest BCUT2D eigenvalue weighted by atomic mass is 79.9. The second kappa shape index (κ2) is 15.0. The van der Waals surface area contributed by atoms with Crippen LogP contribution in [0.3, 0.4) is 0 Å². The summed E-state index contributed by atoms with van der Waals surface area (Å²) in [5.74, 6) is 0. The Morgan fingerprint density at radius 2 is 1.20 bits per heavy atom. The van der Waals surface area contributed by atoms with Crippen molar-refractivity contribution >= 4 is 32.3 Å². The van der Waals surface area contributed by atoms with E-state index in [9.17, 15) is 9.11 Å². The molecule has 5 rings (SSSR count). The van der Waals surface area contributed by atoms with E-state index in [1.807, 2.05) is 40.7 Å². The van der Waals surface area contributed by atoms with Crippen molar-refractivity contribution in [2.75, 3.05) is 26.2 Å². The molecule has 0 unspecified atom stereocenters. The van der Waals surface area contributed by atoms with E-state index in [0.29, 0.717) is 18.0 Å². The van der Waals surface area contributed by atoms with E-state index in [1.54, 1.807) is 0 Å². The van der Waals surface area contributed by atoms with Crippen molar-refractivity contribution < 1.29 is 30.6 Å². The Hall–Kier alpha value is -2.71. The van der Waals surface area contributed by atoms with Crippen LogP contribution >= 0.6 is 10.8 Å². The standard InChI is InChI=1S/C38H46N2O2S.BrH/c1-5-40(6-2,29-33-24-30(3)23-31(4)25-33)22-12-11-21-39(28-32-17-18-34-13-7-9-15-36(34)26-32)43(41,42)38-20-19-35-14-8-10-16-37(35)27-38;/h7-10,13-20,23-27H,5-6,11-12,21-22,28-29H2,1-4H3,(H-,41,42);1H. The van der Waals surface area contributed by atoms with Gasteiger partial charge >= 0.3 is 0 Å². The molecule has 0 spiro atoms. The minimum absolute atomic E-state index is 0. The van der Waals surface area contributed by atoms with E-state index in [0.717, 1.165) is 59.8 Å². The normalized spacial score (nSPS) is 12.5. The first-order chi connectivity index (χ1) is 20.7. The third kappa shape index (κ3) is 8.11. The van der Waals surface area contributed by atoms with E-state index in [-0.39, 0.29) is 17.0 Å². The van der Waals surface area contributed by atoms with Crippen molar-refractivity contribution in [2.45, 2.75) is 58.5 Å². The third-order valence-corrected chi connectivity index (χ3v) is 10.9. The molecule has 0 fully saturated rings. The summed E-state index contributed by atoms with van der Waals surface area (Å²) >= 11 is 0. The van der Waals surface area contributed by atoms with Crippen LogP contribution in [0.4, 0.5) is 0 Å². The number of hydrogen-bond acceptors (Lipinski definition) is 3. The van der Waals surface area contributed by atoms with Gasteiger partial charge in [0.05, 0.1) is 24.5 Å². The van der Waals surface area contributed by atoms with Gasteiger partial charge in [0.25, 0.3) is 0 Å². The van der Waals surface area contributed by atoms with Crippen LogP contribution in [-0.2, 0) is 13.1 Å². The van der Waals surface area contributed by atoms with Gasteiger partial charge < -0.3 is 21.5 Å². The lowest BCUT2D eigenvalue weighted by Crippen LogP contribution is -3.00. The van der Waals surface area contributed by atoms with Gasteiger partial charge in [0.1, 0.15) is 6.54 Å².